The molecular formula is C18H22NO5S-. The topological polar surface area (TPSA) is 95.5 Å². The summed E-state index contributed by atoms with van der Waals surface area (Å²) in [5.74, 6) is -3.28. The number of carboxylic acids is 1. The highest BCUT2D eigenvalue weighted by atomic mass is 32.1. The Bertz CT molecular complexity index is 696. The number of nitrogens with one attached hydrogen (secondary N) is 1. The second-order valence-electron chi connectivity index (χ2n) is 6.59. The van der Waals surface area contributed by atoms with Crippen LogP contribution in [0.25, 0.3) is 0 Å². The summed E-state index contributed by atoms with van der Waals surface area (Å²) in [6, 6.07) is 0. The van der Waals surface area contributed by atoms with Crippen LogP contribution in [0.3, 0.4) is 0 Å². The Morgan fingerprint density at radius 1 is 1.16 bits per heavy atom. The zero-order valence-corrected chi connectivity index (χ0v) is 15.1. The van der Waals surface area contributed by atoms with Gasteiger partial charge in [0.05, 0.1) is 12.2 Å². The molecule has 2 aliphatic carbocycles. The lowest BCUT2D eigenvalue weighted by Gasteiger charge is -2.31. The molecule has 1 aromatic rings. The van der Waals surface area contributed by atoms with Crippen molar-refractivity contribution < 1.29 is 24.2 Å². The minimum absolute atomic E-state index is 0.270. The average molecular weight is 364 g/mol. The van der Waals surface area contributed by atoms with Crippen molar-refractivity contribution in [1.29, 1.82) is 0 Å². The monoisotopic (exact) mass is 364 g/mol. The Labute approximate surface area is 150 Å². The maximum absolute atomic E-state index is 12.7. The van der Waals surface area contributed by atoms with Gasteiger partial charge in [0, 0.05) is 22.7 Å². The standard InChI is InChI=1S/C18H23NO5S/c1-2-24-18(23)14-12-8-5-9-13(12)25-16(14)19-15(20)10-6-3-4-7-11(10)17(21)22/h10-11H,2-9H2,1H3,(H,19,20)(H,21,22)/p-1/t10-,11-/m0/s1. The van der Waals surface area contributed by atoms with Crippen molar-refractivity contribution in [2.24, 2.45) is 11.8 Å². The van der Waals surface area contributed by atoms with Gasteiger partial charge in [0.15, 0.2) is 0 Å². The summed E-state index contributed by atoms with van der Waals surface area (Å²) in [5, 5.41) is 14.7. The molecule has 25 heavy (non-hydrogen) atoms. The molecule has 6 nitrogen and oxygen atoms in total. The molecule has 1 saturated carbocycles. The Kier molecular flexibility index (Phi) is 5.42. The number of ether oxygens (including phenoxy) is 1. The minimum Gasteiger partial charge on any atom is -0.550 e. The van der Waals surface area contributed by atoms with E-state index < -0.39 is 23.8 Å². The van der Waals surface area contributed by atoms with E-state index in [1.54, 1.807) is 6.92 Å². The van der Waals surface area contributed by atoms with Gasteiger partial charge in [-0.15, -0.1) is 11.3 Å². The van der Waals surface area contributed by atoms with E-state index in [0.717, 1.165) is 42.5 Å². The summed E-state index contributed by atoms with van der Waals surface area (Å²) < 4.78 is 5.15. The molecule has 2 atom stereocenters. The number of rotatable bonds is 5. The van der Waals surface area contributed by atoms with E-state index in [4.69, 9.17) is 4.74 Å². The number of thiophene rings is 1. The van der Waals surface area contributed by atoms with E-state index in [-0.39, 0.29) is 12.5 Å². The van der Waals surface area contributed by atoms with E-state index in [1.807, 2.05) is 0 Å². The number of fused-ring (bicyclic) bond motifs is 1. The Morgan fingerprint density at radius 3 is 2.56 bits per heavy atom. The molecule has 0 unspecified atom stereocenters. The van der Waals surface area contributed by atoms with Crippen LogP contribution in [0, 0.1) is 11.8 Å². The van der Waals surface area contributed by atoms with Crippen molar-refractivity contribution in [2.75, 3.05) is 11.9 Å². The molecule has 0 aromatic carbocycles. The lowest BCUT2D eigenvalue weighted by Crippen LogP contribution is -2.42. The predicted octanol–water partition coefficient (Wildman–Crippen LogP) is 1.91. The molecule has 1 aromatic heterocycles. The molecule has 1 fully saturated rings. The van der Waals surface area contributed by atoms with Crippen LogP contribution in [0.4, 0.5) is 5.00 Å². The third kappa shape index (κ3) is 3.56. The summed E-state index contributed by atoms with van der Waals surface area (Å²) in [5.41, 5.74) is 1.42. The number of aryl methyl sites for hydroxylation is 1. The third-order valence-electron chi connectivity index (χ3n) is 5.04. The Morgan fingerprint density at radius 2 is 1.88 bits per heavy atom. The molecule has 2 aliphatic rings. The zero-order valence-electron chi connectivity index (χ0n) is 14.3. The molecule has 1 heterocycles. The molecule has 7 heteroatoms. The van der Waals surface area contributed by atoms with Gasteiger partial charge in [-0.3, -0.25) is 4.79 Å². The van der Waals surface area contributed by atoms with Gasteiger partial charge in [-0.25, -0.2) is 4.79 Å². The quantitative estimate of drug-likeness (QED) is 0.805. The fourth-order valence-corrected chi connectivity index (χ4v) is 5.12. The molecule has 1 amide bonds. The Balaban J connectivity index is 1.83. The van der Waals surface area contributed by atoms with Gasteiger partial charge >= 0.3 is 5.97 Å². The molecule has 0 saturated heterocycles. The van der Waals surface area contributed by atoms with Crippen molar-refractivity contribution in [1.82, 2.24) is 0 Å². The number of carboxylic acid groups (broad SMARTS) is 1. The van der Waals surface area contributed by atoms with E-state index in [0.29, 0.717) is 23.4 Å². The SMILES string of the molecule is CCOC(=O)c1c(NC(=O)[C@H]2CCCC[C@@H]2C(=O)[O-])sc2c1CCC2. The molecule has 136 valence electrons. The average Bonchev–Trinajstić information content (AvgIpc) is 3.15. The van der Waals surface area contributed by atoms with Crippen LogP contribution in [0.5, 0.6) is 0 Å². The van der Waals surface area contributed by atoms with E-state index in [9.17, 15) is 19.5 Å². The van der Waals surface area contributed by atoms with Crippen molar-refractivity contribution in [3.8, 4) is 0 Å². The second-order valence-corrected chi connectivity index (χ2v) is 7.69. The van der Waals surface area contributed by atoms with E-state index in [1.165, 1.54) is 11.3 Å². The minimum atomic E-state index is -1.17. The zero-order chi connectivity index (χ0) is 18.0. The highest BCUT2D eigenvalue weighted by Gasteiger charge is 2.34. The summed E-state index contributed by atoms with van der Waals surface area (Å²) in [4.78, 5) is 37.5. The fraction of sp³-hybridized carbons (Fsp3) is 0.611. The van der Waals surface area contributed by atoms with Gasteiger partial charge in [-0.1, -0.05) is 12.8 Å². The number of carbonyl (C=O) groups is 3. The molecular weight excluding hydrogens is 342 g/mol. The van der Waals surface area contributed by atoms with Gasteiger partial charge in [-0.2, -0.15) is 0 Å². The van der Waals surface area contributed by atoms with Crippen LogP contribution < -0.4 is 10.4 Å². The second kappa shape index (κ2) is 7.56. The van der Waals surface area contributed by atoms with Crippen LogP contribution in [-0.4, -0.2) is 24.5 Å². The predicted molar refractivity (Wildman–Crippen MR) is 91.4 cm³/mol. The number of anilines is 1. The number of hydrogen-bond acceptors (Lipinski definition) is 6. The van der Waals surface area contributed by atoms with Crippen LogP contribution in [-0.2, 0) is 27.2 Å². The fourth-order valence-electron chi connectivity index (χ4n) is 3.84. The van der Waals surface area contributed by atoms with Crippen LogP contribution in [0.15, 0.2) is 0 Å². The summed E-state index contributed by atoms with van der Waals surface area (Å²) in [7, 11) is 0. The molecule has 0 spiro atoms. The van der Waals surface area contributed by atoms with Gasteiger partial charge in [0.25, 0.3) is 0 Å². The first kappa shape index (κ1) is 17.9. The highest BCUT2D eigenvalue weighted by Crippen LogP contribution is 2.40. The molecule has 0 aliphatic heterocycles. The molecule has 3 rings (SSSR count). The van der Waals surface area contributed by atoms with Crippen molar-refractivity contribution >= 4 is 34.2 Å². The number of amides is 1. The first-order valence-corrected chi connectivity index (χ1v) is 9.68. The molecule has 1 N–H and O–H groups in total. The third-order valence-corrected chi connectivity index (χ3v) is 6.25. The number of carbonyl (C=O) groups excluding carboxylic acids is 3. The molecule has 0 bridgehead atoms. The van der Waals surface area contributed by atoms with Gasteiger partial charge in [-0.05, 0) is 44.6 Å². The van der Waals surface area contributed by atoms with Crippen LogP contribution in [0.2, 0.25) is 0 Å². The van der Waals surface area contributed by atoms with Crippen molar-refractivity contribution in [3.63, 3.8) is 0 Å². The number of esters is 1. The van der Waals surface area contributed by atoms with E-state index in [2.05, 4.69) is 5.32 Å². The largest absolute Gasteiger partial charge is 0.550 e. The van der Waals surface area contributed by atoms with Crippen LogP contribution >= 0.6 is 11.3 Å². The van der Waals surface area contributed by atoms with Crippen molar-refractivity contribution in [2.45, 2.75) is 51.9 Å². The summed E-state index contributed by atoms with van der Waals surface area (Å²) in [6.07, 6.45) is 5.32. The highest BCUT2D eigenvalue weighted by molar-refractivity contribution is 7.17. The smallest absolute Gasteiger partial charge is 0.341 e. The summed E-state index contributed by atoms with van der Waals surface area (Å²) >= 11 is 1.41. The van der Waals surface area contributed by atoms with E-state index >= 15 is 0 Å². The first-order valence-electron chi connectivity index (χ1n) is 8.86. The Hall–Kier alpha value is -1.89. The lowest BCUT2D eigenvalue weighted by molar-refractivity contribution is -0.313. The number of hydrogen-bond donors (Lipinski definition) is 1. The number of aliphatic carboxylic acids is 1. The lowest BCUT2D eigenvalue weighted by atomic mass is 9.79. The van der Waals surface area contributed by atoms with Gasteiger partial charge < -0.3 is 20.0 Å². The normalized spacial score (nSPS) is 22.3. The summed E-state index contributed by atoms with van der Waals surface area (Å²) in [6.45, 7) is 2.02. The maximum Gasteiger partial charge on any atom is 0.341 e. The van der Waals surface area contributed by atoms with Crippen LogP contribution in [0.1, 0.15) is 59.8 Å². The van der Waals surface area contributed by atoms with Crippen molar-refractivity contribution in [3.05, 3.63) is 16.0 Å². The maximum atomic E-state index is 12.7. The first-order chi connectivity index (χ1) is 12.0. The van der Waals surface area contributed by atoms with Gasteiger partial charge in [0.2, 0.25) is 5.91 Å². The van der Waals surface area contributed by atoms with Gasteiger partial charge in [0.1, 0.15) is 5.00 Å². The molecule has 0 radical (unpaired) electrons.